The summed E-state index contributed by atoms with van der Waals surface area (Å²) >= 11 is 0. The van der Waals surface area contributed by atoms with Crippen LogP contribution in [-0.2, 0) is 32.1 Å². The van der Waals surface area contributed by atoms with Crippen molar-refractivity contribution >= 4 is 17.9 Å². The molecule has 0 atom stereocenters. The highest BCUT2D eigenvalue weighted by molar-refractivity contribution is 5.86. The molecule has 3 rings (SSSR count). The zero-order valence-corrected chi connectivity index (χ0v) is 20.2. The second kappa shape index (κ2) is 13.4. The smallest absolute Gasteiger partial charge is 0.335 e. The Bertz CT molecular complexity index is 1290. The van der Waals surface area contributed by atoms with Crippen LogP contribution in [0, 0.1) is 0 Å². The third-order valence-corrected chi connectivity index (χ3v) is 5.09. The van der Waals surface area contributed by atoms with Gasteiger partial charge in [0.2, 0.25) is 0 Å². The van der Waals surface area contributed by atoms with E-state index in [9.17, 15) is 14.4 Å². The molecule has 0 aliphatic heterocycles. The first-order valence-electron chi connectivity index (χ1n) is 11.3. The van der Waals surface area contributed by atoms with Gasteiger partial charge in [-0.1, -0.05) is 62.2 Å². The maximum Gasteiger partial charge on any atom is 0.335 e. The van der Waals surface area contributed by atoms with Gasteiger partial charge in [-0.2, -0.15) is 0 Å². The molecule has 0 aliphatic rings. The van der Waals surface area contributed by atoms with Gasteiger partial charge in [0, 0.05) is 18.2 Å². The summed E-state index contributed by atoms with van der Waals surface area (Å²) in [5.41, 5.74) is 3.85. The number of rotatable bonds is 12. The van der Waals surface area contributed by atoms with E-state index < -0.39 is 17.9 Å². The van der Waals surface area contributed by atoms with Crippen LogP contribution in [0.4, 0.5) is 0 Å². The molecular weight excluding hydrogens is 472 g/mol. The van der Waals surface area contributed by atoms with Gasteiger partial charge in [0.1, 0.15) is 5.75 Å². The van der Waals surface area contributed by atoms with Gasteiger partial charge in [-0.3, -0.25) is 0 Å². The fourth-order valence-electron chi connectivity index (χ4n) is 3.22. The van der Waals surface area contributed by atoms with Gasteiger partial charge in [-0.15, -0.1) is 0 Å². The Balaban J connectivity index is 1.54. The minimum atomic E-state index is -0.667. The second-order valence-corrected chi connectivity index (χ2v) is 7.68. The molecular formula is C30H26O7. The molecule has 3 aromatic carbocycles. The Hall–Kier alpha value is -4.75. The van der Waals surface area contributed by atoms with Crippen LogP contribution in [0.3, 0.4) is 0 Å². The summed E-state index contributed by atoms with van der Waals surface area (Å²) < 4.78 is 21.2. The fourth-order valence-corrected chi connectivity index (χ4v) is 3.22. The summed E-state index contributed by atoms with van der Waals surface area (Å²) in [4.78, 5) is 34.5. The molecule has 0 saturated carbocycles. The number of benzene rings is 3. The lowest BCUT2D eigenvalue weighted by molar-refractivity contribution is -0.131. The highest BCUT2D eigenvalue weighted by Gasteiger charge is 2.12. The van der Waals surface area contributed by atoms with Crippen molar-refractivity contribution in [2.24, 2.45) is 0 Å². The van der Waals surface area contributed by atoms with Gasteiger partial charge in [0.15, 0.2) is 11.5 Å². The normalized spacial score (nSPS) is 10.2. The Morgan fingerprint density at radius 1 is 0.622 bits per heavy atom. The summed E-state index contributed by atoms with van der Waals surface area (Å²) in [5.74, 6) is -1.15. The maximum atomic E-state index is 11.6. The Labute approximate surface area is 215 Å². The van der Waals surface area contributed by atoms with E-state index >= 15 is 0 Å². The SMILES string of the molecule is C=CC(=O)Oc1ccc(-c2ccc(COCCc3ccc(OC(=O)C=C)c(OC(=O)C=C)c3)cc2)cc1. The zero-order valence-electron chi connectivity index (χ0n) is 20.2. The molecule has 0 saturated heterocycles. The first-order chi connectivity index (χ1) is 17.9. The lowest BCUT2D eigenvalue weighted by Gasteiger charge is -2.11. The molecule has 0 radical (unpaired) electrons. The molecule has 0 spiro atoms. The van der Waals surface area contributed by atoms with Crippen LogP contribution in [0.2, 0.25) is 0 Å². The summed E-state index contributed by atoms with van der Waals surface area (Å²) in [6.45, 7) is 11.0. The van der Waals surface area contributed by atoms with Crippen molar-refractivity contribution < 1.29 is 33.3 Å². The fraction of sp³-hybridized carbons (Fsp3) is 0.100. The van der Waals surface area contributed by atoms with Gasteiger partial charge in [-0.25, -0.2) is 14.4 Å². The van der Waals surface area contributed by atoms with Crippen LogP contribution in [0.5, 0.6) is 17.2 Å². The average molecular weight is 499 g/mol. The predicted octanol–water partition coefficient (Wildman–Crippen LogP) is 5.39. The summed E-state index contributed by atoms with van der Waals surface area (Å²) in [7, 11) is 0. The topological polar surface area (TPSA) is 88.1 Å². The molecule has 0 unspecified atom stereocenters. The first-order valence-corrected chi connectivity index (χ1v) is 11.3. The van der Waals surface area contributed by atoms with Crippen LogP contribution in [-0.4, -0.2) is 24.5 Å². The predicted molar refractivity (Wildman–Crippen MR) is 139 cm³/mol. The van der Waals surface area contributed by atoms with Crippen LogP contribution >= 0.6 is 0 Å². The summed E-state index contributed by atoms with van der Waals surface area (Å²) in [6, 6.07) is 20.1. The van der Waals surface area contributed by atoms with Crippen molar-refractivity contribution in [3.8, 4) is 28.4 Å². The lowest BCUT2D eigenvalue weighted by atomic mass is 10.0. The molecule has 0 amide bonds. The maximum absolute atomic E-state index is 11.6. The standard InChI is InChI=1S/C30H26O7/c1-4-28(31)35-25-14-12-24(13-15-25)23-10-7-22(8-11-23)20-34-18-17-21-9-16-26(36-29(32)5-2)27(19-21)37-30(33)6-3/h4-16,19H,1-3,17-18,20H2. The van der Waals surface area contributed by atoms with E-state index in [1.165, 1.54) is 0 Å². The third-order valence-electron chi connectivity index (χ3n) is 5.09. The number of hydrogen-bond donors (Lipinski definition) is 0. The highest BCUT2D eigenvalue weighted by atomic mass is 16.6. The number of ether oxygens (including phenoxy) is 4. The molecule has 7 heteroatoms. The highest BCUT2D eigenvalue weighted by Crippen LogP contribution is 2.29. The largest absolute Gasteiger partial charge is 0.423 e. The van der Waals surface area contributed by atoms with E-state index in [1.54, 1.807) is 30.3 Å². The third kappa shape index (κ3) is 8.16. The van der Waals surface area contributed by atoms with Crippen LogP contribution < -0.4 is 14.2 Å². The molecule has 188 valence electrons. The van der Waals surface area contributed by atoms with E-state index in [-0.39, 0.29) is 11.5 Å². The molecule has 37 heavy (non-hydrogen) atoms. The van der Waals surface area contributed by atoms with Gasteiger partial charge in [0.25, 0.3) is 0 Å². The van der Waals surface area contributed by atoms with Crippen LogP contribution in [0.1, 0.15) is 11.1 Å². The molecule has 3 aromatic rings. The van der Waals surface area contributed by atoms with Crippen molar-refractivity contribution in [3.05, 3.63) is 116 Å². The quantitative estimate of drug-likeness (QED) is 0.143. The van der Waals surface area contributed by atoms with Gasteiger partial charge in [0.05, 0.1) is 13.2 Å². The molecule has 0 aromatic heterocycles. The molecule has 0 N–H and O–H groups in total. The summed E-state index contributed by atoms with van der Waals surface area (Å²) in [5, 5.41) is 0. The Morgan fingerprint density at radius 3 is 1.73 bits per heavy atom. The number of esters is 3. The number of carbonyl (C=O) groups excluding carboxylic acids is 3. The van der Waals surface area contributed by atoms with E-state index in [1.807, 2.05) is 36.4 Å². The first kappa shape index (κ1) is 26.8. The summed E-state index contributed by atoms with van der Waals surface area (Å²) in [6.07, 6.45) is 3.71. The minimum Gasteiger partial charge on any atom is -0.423 e. The van der Waals surface area contributed by atoms with Crippen molar-refractivity contribution in [3.63, 3.8) is 0 Å². The van der Waals surface area contributed by atoms with Gasteiger partial charge in [-0.05, 0) is 52.9 Å². The van der Waals surface area contributed by atoms with E-state index in [0.29, 0.717) is 25.4 Å². The van der Waals surface area contributed by atoms with Gasteiger partial charge >= 0.3 is 17.9 Å². The van der Waals surface area contributed by atoms with Crippen molar-refractivity contribution in [1.29, 1.82) is 0 Å². The van der Waals surface area contributed by atoms with Gasteiger partial charge < -0.3 is 18.9 Å². The monoisotopic (exact) mass is 498 g/mol. The molecule has 0 bridgehead atoms. The molecule has 0 aliphatic carbocycles. The second-order valence-electron chi connectivity index (χ2n) is 7.68. The average Bonchev–Trinajstić information content (AvgIpc) is 2.92. The van der Waals surface area contributed by atoms with Crippen molar-refractivity contribution in [2.45, 2.75) is 13.0 Å². The number of carbonyl (C=O) groups is 3. The van der Waals surface area contributed by atoms with Crippen LogP contribution in [0.25, 0.3) is 11.1 Å². The molecule has 0 fully saturated rings. The van der Waals surface area contributed by atoms with Crippen molar-refractivity contribution in [2.75, 3.05) is 6.61 Å². The van der Waals surface area contributed by atoms with Crippen molar-refractivity contribution in [1.82, 2.24) is 0 Å². The Kier molecular flexibility index (Phi) is 9.70. The number of hydrogen-bond acceptors (Lipinski definition) is 7. The van der Waals surface area contributed by atoms with Crippen LogP contribution in [0.15, 0.2) is 105 Å². The van der Waals surface area contributed by atoms with E-state index in [0.717, 1.165) is 40.5 Å². The Morgan fingerprint density at radius 2 is 1.14 bits per heavy atom. The van der Waals surface area contributed by atoms with E-state index in [2.05, 4.69) is 19.7 Å². The molecule has 0 heterocycles. The zero-order chi connectivity index (χ0) is 26.6. The van der Waals surface area contributed by atoms with E-state index in [4.69, 9.17) is 18.9 Å². The molecule has 7 nitrogen and oxygen atoms in total. The lowest BCUT2D eigenvalue weighted by Crippen LogP contribution is -2.09. The minimum absolute atomic E-state index is 0.109.